The van der Waals surface area contributed by atoms with E-state index in [1.54, 1.807) is 17.0 Å². The first-order valence-corrected chi connectivity index (χ1v) is 11.8. The summed E-state index contributed by atoms with van der Waals surface area (Å²) in [5.41, 5.74) is 3.98. The van der Waals surface area contributed by atoms with Crippen LogP contribution >= 0.6 is 0 Å². The number of hydrogen-bond donors (Lipinski definition) is 1. The van der Waals surface area contributed by atoms with Crippen molar-refractivity contribution in [1.82, 2.24) is 10.2 Å². The maximum absolute atomic E-state index is 13.5. The number of carbonyl (C=O) groups is 2. The first kappa shape index (κ1) is 24.0. The van der Waals surface area contributed by atoms with Crippen molar-refractivity contribution in [3.8, 4) is 0 Å². The van der Waals surface area contributed by atoms with Crippen molar-refractivity contribution in [3.05, 3.63) is 70.5 Å². The van der Waals surface area contributed by atoms with Crippen LogP contribution in [0.5, 0.6) is 0 Å². The van der Waals surface area contributed by atoms with E-state index in [-0.39, 0.29) is 36.6 Å². The molecule has 0 radical (unpaired) electrons. The Balaban J connectivity index is 1.82. The molecule has 2 amide bonds. The molecule has 0 aromatic heterocycles. The third-order valence-corrected chi connectivity index (χ3v) is 6.24. The Morgan fingerprint density at radius 3 is 2.22 bits per heavy atom. The fourth-order valence-electron chi connectivity index (χ4n) is 4.70. The summed E-state index contributed by atoms with van der Waals surface area (Å²) in [7, 11) is 0. The standard InChI is InChI=1S/C27H35FN2O2/c1-4-25(27(32)29-24-8-6-5-7-9-24)30(18-21-10-12-23(28)13-11-21)26(31)17-22-15-19(2)14-20(3)16-22/h10-16,24-25H,4-9,17-18H2,1-3H3,(H,29,32)/t25-/m0/s1. The van der Waals surface area contributed by atoms with Gasteiger partial charge in [-0.1, -0.05) is 67.6 Å². The van der Waals surface area contributed by atoms with Crippen molar-refractivity contribution in [2.24, 2.45) is 0 Å². The molecule has 0 aliphatic heterocycles. The average Bonchev–Trinajstić information content (AvgIpc) is 2.75. The van der Waals surface area contributed by atoms with Gasteiger partial charge in [0.1, 0.15) is 11.9 Å². The number of hydrogen-bond acceptors (Lipinski definition) is 2. The summed E-state index contributed by atoms with van der Waals surface area (Å²) in [6, 6.07) is 11.9. The zero-order valence-corrected chi connectivity index (χ0v) is 19.5. The van der Waals surface area contributed by atoms with E-state index >= 15 is 0 Å². The minimum absolute atomic E-state index is 0.0877. The molecule has 0 heterocycles. The summed E-state index contributed by atoms with van der Waals surface area (Å²) in [5.74, 6) is -0.496. The average molecular weight is 439 g/mol. The Kier molecular flexibility index (Phi) is 8.43. The van der Waals surface area contributed by atoms with Gasteiger partial charge < -0.3 is 10.2 Å². The van der Waals surface area contributed by atoms with Crippen molar-refractivity contribution >= 4 is 11.8 Å². The van der Waals surface area contributed by atoms with Crippen LogP contribution in [0.1, 0.15) is 67.7 Å². The summed E-state index contributed by atoms with van der Waals surface area (Å²) in [4.78, 5) is 28.4. The van der Waals surface area contributed by atoms with Gasteiger partial charge in [-0.3, -0.25) is 9.59 Å². The zero-order chi connectivity index (χ0) is 23.1. The number of rotatable bonds is 8. The van der Waals surface area contributed by atoms with Gasteiger partial charge in [0.2, 0.25) is 11.8 Å². The van der Waals surface area contributed by atoms with Gasteiger partial charge in [0.15, 0.2) is 0 Å². The molecule has 1 N–H and O–H groups in total. The summed E-state index contributed by atoms with van der Waals surface area (Å²) in [6.07, 6.45) is 6.23. The van der Waals surface area contributed by atoms with E-state index in [0.29, 0.717) is 6.42 Å². The molecule has 0 saturated heterocycles. The van der Waals surface area contributed by atoms with Gasteiger partial charge in [-0.05, 0) is 56.4 Å². The molecule has 1 aliphatic carbocycles. The van der Waals surface area contributed by atoms with Crippen LogP contribution < -0.4 is 5.32 Å². The van der Waals surface area contributed by atoms with Crippen molar-refractivity contribution in [2.45, 2.75) is 84.3 Å². The van der Waals surface area contributed by atoms with E-state index in [1.165, 1.54) is 18.6 Å². The SMILES string of the molecule is CC[C@@H](C(=O)NC1CCCCC1)N(Cc1ccc(F)cc1)C(=O)Cc1cc(C)cc(C)c1. The lowest BCUT2D eigenvalue weighted by Gasteiger charge is -2.33. The number of benzene rings is 2. The Labute approximate surface area is 191 Å². The molecule has 2 aromatic carbocycles. The summed E-state index contributed by atoms with van der Waals surface area (Å²) in [5, 5.41) is 3.19. The van der Waals surface area contributed by atoms with Gasteiger partial charge in [-0.2, -0.15) is 0 Å². The van der Waals surface area contributed by atoms with Gasteiger partial charge in [0, 0.05) is 12.6 Å². The molecule has 0 unspecified atom stereocenters. The summed E-state index contributed by atoms with van der Waals surface area (Å²) < 4.78 is 13.4. The summed E-state index contributed by atoms with van der Waals surface area (Å²) >= 11 is 0. The van der Waals surface area contributed by atoms with Crippen LogP contribution in [0.2, 0.25) is 0 Å². The Hall–Kier alpha value is -2.69. The lowest BCUT2D eigenvalue weighted by molar-refractivity contribution is -0.141. The van der Waals surface area contributed by atoms with Crippen LogP contribution in [-0.4, -0.2) is 28.8 Å². The molecule has 1 atom stereocenters. The second kappa shape index (κ2) is 11.3. The van der Waals surface area contributed by atoms with E-state index < -0.39 is 6.04 Å². The minimum atomic E-state index is -0.555. The van der Waals surface area contributed by atoms with Crippen LogP contribution in [-0.2, 0) is 22.6 Å². The van der Waals surface area contributed by atoms with Crippen molar-refractivity contribution in [1.29, 1.82) is 0 Å². The van der Waals surface area contributed by atoms with Crippen LogP contribution in [0.4, 0.5) is 4.39 Å². The maximum atomic E-state index is 13.5. The van der Waals surface area contributed by atoms with Crippen LogP contribution in [0.25, 0.3) is 0 Å². The maximum Gasteiger partial charge on any atom is 0.243 e. The molecule has 4 nitrogen and oxygen atoms in total. The van der Waals surface area contributed by atoms with E-state index in [2.05, 4.69) is 11.4 Å². The highest BCUT2D eigenvalue weighted by atomic mass is 19.1. The fourth-order valence-corrected chi connectivity index (χ4v) is 4.70. The molecule has 3 rings (SSSR count). The fraction of sp³-hybridized carbons (Fsp3) is 0.481. The lowest BCUT2D eigenvalue weighted by atomic mass is 9.95. The number of nitrogens with zero attached hydrogens (tertiary/aromatic N) is 1. The Morgan fingerprint density at radius 2 is 1.62 bits per heavy atom. The van der Waals surface area contributed by atoms with Crippen LogP contribution in [0.15, 0.2) is 42.5 Å². The number of amides is 2. The summed E-state index contributed by atoms with van der Waals surface area (Å²) in [6.45, 7) is 6.25. The number of carbonyl (C=O) groups excluding carboxylic acids is 2. The van der Waals surface area contributed by atoms with Crippen molar-refractivity contribution in [2.75, 3.05) is 0 Å². The lowest BCUT2D eigenvalue weighted by Crippen LogP contribution is -2.51. The topological polar surface area (TPSA) is 49.4 Å². The number of aryl methyl sites for hydroxylation is 2. The smallest absolute Gasteiger partial charge is 0.243 e. The highest BCUT2D eigenvalue weighted by Crippen LogP contribution is 2.20. The highest BCUT2D eigenvalue weighted by Gasteiger charge is 2.30. The normalized spacial score (nSPS) is 15.2. The Bertz CT molecular complexity index is 900. The van der Waals surface area contributed by atoms with E-state index in [1.807, 2.05) is 32.9 Å². The molecule has 1 fully saturated rings. The molecule has 1 aliphatic rings. The third kappa shape index (κ3) is 6.65. The second-order valence-electron chi connectivity index (χ2n) is 9.09. The molecule has 5 heteroatoms. The predicted octanol–water partition coefficient (Wildman–Crippen LogP) is 5.24. The van der Waals surface area contributed by atoms with Gasteiger partial charge in [-0.25, -0.2) is 4.39 Å². The van der Waals surface area contributed by atoms with Gasteiger partial charge in [0.05, 0.1) is 6.42 Å². The zero-order valence-electron chi connectivity index (χ0n) is 19.5. The predicted molar refractivity (Wildman–Crippen MR) is 126 cm³/mol. The van der Waals surface area contributed by atoms with Gasteiger partial charge >= 0.3 is 0 Å². The molecule has 0 spiro atoms. The molecular formula is C27H35FN2O2. The second-order valence-corrected chi connectivity index (χ2v) is 9.09. The van der Waals surface area contributed by atoms with E-state index in [9.17, 15) is 14.0 Å². The molecule has 0 bridgehead atoms. The highest BCUT2D eigenvalue weighted by molar-refractivity contribution is 5.88. The first-order chi connectivity index (χ1) is 15.4. The molecular weight excluding hydrogens is 403 g/mol. The molecule has 1 saturated carbocycles. The van der Waals surface area contributed by atoms with Crippen molar-refractivity contribution in [3.63, 3.8) is 0 Å². The first-order valence-electron chi connectivity index (χ1n) is 11.8. The third-order valence-electron chi connectivity index (χ3n) is 6.24. The quantitative estimate of drug-likeness (QED) is 0.613. The Morgan fingerprint density at radius 1 is 1.00 bits per heavy atom. The van der Waals surface area contributed by atoms with Crippen LogP contribution in [0.3, 0.4) is 0 Å². The molecule has 32 heavy (non-hydrogen) atoms. The number of halogens is 1. The van der Waals surface area contributed by atoms with Gasteiger partial charge in [0.25, 0.3) is 0 Å². The van der Waals surface area contributed by atoms with Crippen molar-refractivity contribution < 1.29 is 14.0 Å². The van der Waals surface area contributed by atoms with E-state index in [0.717, 1.165) is 47.9 Å². The van der Waals surface area contributed by atoms with E-state index in [4.69, 9.17) is 0 Å². The largest absolute Gasteiger partial charge is 0.352 e. The minimum Gasteiger partial charge on any atom is -0.352 e. The number of nitrogens with one attached hydrogen (secondary N) is 1. The molecule has 172 valence electrons. The molecule has 2 aromatic rings. The van der Waals surface area contributed by atoms with Crippen LogP contribution in [0, 0.1) is 19.7 Å². The van der Waals surface area contributed by atoms with Gasteiger partial charge in [-0.15, -0.1) is 0 Å². The monoisotopic (exact) mass is 438 g/mol.